The van der Waals surface area contributed by atoms with Gasteiger partial charge in [-0.15, -0.1) is 0 Å². The second kappa shape index (κ2) is 4.60. The van der Waals surface area contributed by atoms with Gasteiger partial charge in [0.25, 0.3) is 0 Å². The van der Waals surface area contributed by atoms with E-state index in [1.54, 1.807) is 0 Å². The third-order valence-corrected chi connectivity index (χ3v) is 3.50. The Morgan fingerprint density at radius 2 is 1.85 bits per heavy atom. The van der Waals surface area contributed by atoms with E-state index in [0.29, 0.717) is 11.2 Å². The van der Waals surface area contributed by atoms with Crippen molar-refractivity contribution in [2.75, 3.05) is 0 Å². The molecule has 100 valence electrons. The molecule has 3 nitrogen and oxygen atoms in total. The van der Waals surface area contributed by atoms with Gasteiger partial charge in [0, 0.05) is 18.0 Å². The number of nitrogens with zero attached hydrogens (tertiary/aromatic N) is 2. The third kappa shape index (κ3) is 2.01. The number of aromatic nitrogens is 2. The van der Waals surface area contributed by atoms with Gasteiger partial charge in [-0.25, -0.2) is 4.98 Å². The summed E-state index contributed by atoms with van der Waals surface area (Å²) in [6.45, 7) is 6.13. The maximum absolute atomic E-state index is 11.2. The van der Waals surface area contributed by atoms with Crippen molar-refractivity contribution in [3.05, 3.63) is 58.9 Å². The molecule has 0 aliphatic carbocycles. The molecule has 0 aliphatic rings. The number of benzene rings is 1. The number of aldehydes is 1. The van der Waals surface area contributed by atoms with E-state index in [1.165, 1.54) is 11.1 Å². The lowest BCUT2D eigenvalue weighted by molar-refractivity contribution is 0.112. The van der Waals surface area contributed by atoms with Crippen LogP contribution in [0.1, 0.15) is 27.0 Å². The second-order valence-electron chi connectivity index (χ2n) is 5.27. The normalized spacial score (nSPS) is 10.9. The van der Waals surface area contributed by atoms with Gasteiger partial charge in [0.1, 0.15) is 5.65 Å². The fraction of sp³-hybridized carbons (Fsp3) is 0.176. The van der Waals surface area contributed by atoms with E-state index in [1.807, 2.05) is 29.8 Å². The maximum Gasteiger partial charge on any atom is 0.153 e. The zero-order valence-corrected chi connectivity index (χ0v) is 11.8. The molecule has 0 saturated carbocycles. The Morgan fingerprint density at radius 1 is 1.05 bits per heavy atom. The molecule has 0 bridgehead atoms. The molecule has 0 aliphatic heterocycles. The lowest BCUT2D eigenvalue weighted by Crippen LogP contribution is -1.91. The van der Waals surface area contributed by atoms with E-state index in [2.05, 4.69) is 37.0 Å². The molecule has 3 rings (SSSR count). The van der Waals surface area contributed by atoms with Crippen LogP contribution >= 0.6 is 0 Å². The summed E-state index contributed by atoms with van der Waals surface area (Å²) >= 11 is 0. The van der Waals surface area contributed by atoms with E-state index in [9.17, 15) is 4.79 Å². The molecule has 2 heterocycles. The highest BCUT2D eigenvalue weighted by Crippen LogP contribution is 2.25. The lowest BCUT2D eigenvalue weighted by Gasteiger charge is -2.02. The third-order valence-electron chi connectivity index (χ3n) is 3.50. The Morgan fingerprint density at radius 3 is 2.55 bits per heavy atom. The average Bonchev–Trinajstić information content (AvgIpc) is 2.80. The van der Waals surface area contributed by atoms with E-state index < -0.39 is 0 Å². The summed E-state index contributed by atoms with van der Waals surface area (Å²) in [4.78, 5) is 15.8. The summed E-state index contributed by atoms with van der Waals surface area (Å²) in [5.41, 5.74) is 6.81. The minimum Gasteiger partial charge on any atom is -0.306 e. The van der Waals surface area contributed by atoms with E-state index in [0.717, 1.165) is 23.1 Å². The Kier molecular flexibility index (Phi) is 2.90. The van der Waals surface area contributed by atoms with Gasteiger partial charge in [0.2, 0.25) is 0 Å². The van der Waals surface area contributed by atoms with Crippen LogP contribution in [0, 0.1) is 20.8 Å². The molecule has 0 amide bonds. The summed E-state index contributed by atoms with van der Waals surface area (Å²) < 4.78 is 1.92. The van der Waals surface area contributed by atoms with Gasteiger partial charge in [-0.1, -0.05) is 23.8 Å². The SMILES string of the molecule is Cc1ccc(-c2cn3cc(C)cc(C=O)c3n2)c(C)c1. The highest BCUT2D eigenvalue weighted by atomic mass is 16.1. The number of fused-ring (bicyclic) bond motifs is 1. The molecule has 0 saturated heterocycles. The van der Waals surface area contributed by atoms with Crippen LogP contribution in [0.25, 0.3) is 16.9 Å². The van der Waals surface area contributed by atoms with Gasteiger partial charge in [-0.05, 0) is 38.0 Å². The molecule has 20 heavy (non-hydrogen) atoms. The number of rotatable bonds is 2. The fourth-order valence-corrected chi connectivity index (χ4v) is 2.59. The number of hydrogen-bond acceptors (Lipinski definition) is 2. The number of carbonyl (C=O) groups is 1. The van der Waals surface area contributed by atoms with Crippen LogP contribution in [0.3, 0.4) is 0 Å². The molecule has 0 N–H and O–H groups in total. The minimum atomic E-state index is 0.626. The molecule has 0 unspecified atom stereocenters. The van der Waals surface area contributed by atoms with Crippen molar-refractivity contribution >= 4 is 11.9 Å². The van der Waals surface area contributed by atoms with E-state index in [-0.39, 0.29) is 0 Å². The van der Waals surface area contributed by atoms with Crippen LogP contribution in [0.15, 0.2) is 36.7 Å². The van der Waals surface area contributed by atoms with Crippen molar-refractivity contribution in [1.82, 2.24) is 9.38 Å². The van der Waals surface area contributed by atoms with Crippen molar-refractivity contribution in [3.63, 3.8) is 0 Å². The Bertz CT molecular complexity index is 815. The van der Waals surface area contributed by atoms with Crippen LogP contribution in [-0.4, -0.2) is 15.7 Å². The molecule has 1 aromatic carbocycles. The highest BCUT2D eigenvalue weighted by Gasteiger charge is 2.10. The fourth-order valence-electron chi connectivity index (χ4n) is 2.59. The van der Waals surface area contributed by atoms with Gasteiger partial charge in [-0.2, -0.15) is 0 Å². The van der Waals surface area contributed by atoms with Crippen LogP contribution in [-0.2, 0) is 0 Å². The monoisotopic (exact) mass is 264 g/mol. The Labute approximate surface area is 117 Å². The smallest absolute Gasteiger partial charge is 0.153 e. The van der Waals surface area contributed by atoms with Crippen molar-refractivity contribution < 1.29 is 4.79 Å². The van der Waals surface area contributed by atoms with Crippen molar-refractivity contribution in [2.45, 2.75) is 20.8 Å². The van der Waals surface area contributed by atoms with Crippen molar-refractivity contribution in [1.29, 1.82) is 0 Å². The first-order valence-electron chi connectivity index (χ1n) is 6.60. The molecule has 3 heteroatoms. The molecule has 0 fully saturated rings. The molecule has 3 aromatic rings. The maximum atomic E-state index is 11.2. The van der Waals surface area contributed by atoms with E-state index in [4.69, 9.17) is 0 Å². The van der Waals surface area contributed by atoms with Crippen LogP contribution in [0.5, 0.6) is 0 Å². The summed E-state index contributed by atoms with van der Waals surface area (Å²) in [7, 11) is 0. The highest BCUT2D eigenvalue weighted by molar-refractivity contribution is 5.85. The minimum absolute atomic E-state index is 0.626. The largest absolute Gasteiger partial charge is 0.306 e. The predicted octanol–water partition coefficient (Wildman–Crippen LogP) is 3.74. The molecule has 0 radical (unpaired) electrons. The quantitative estimate of drug-likeness (QED) is 0.661. The summed E-state index contributed by atoms with van der Waals surface area (Å²) in [5, 5.41) is 0. The van der Waals surface area contributed by atoms with Gasteiger partial charge < -0.3 is 4.40 Å². The van der Waals surface area contributed by atoms with Gasteiger partial charge >= 0.3 is 0 Å². The summed E-state index contributed by atoms with van der Waals surface area (Å²) in [6.07, 6.45) is 4.83. The lowest BCUT2D eigenvalue weighted by atomic mass is 10.0. The topological polar surface area (TPSA) is 34.4 Å². The second-order valence-corrected chi connectivity index (χ2v) is 5.27. The molecular formula is C17H16N2O. The predicted molar refractivity (Wildman–Crippen MR) is 80.2 cm³/mol. The zero-order chi connectivity index (χ0) is 14.3. The van der Waals surface area contributed by atoms with E-state index >= 15 is 0 Å². The Balaban J connectivity index is 2.25. The van der Waals surface area contributed by atoms with Crippen LogP contribution in [0.4, 0.5) is 0 Å². The number of pyridine rings is 1. The zero-order valence-electron chi connectivity index (χ0n) is 11.8. The van der Waals surface area contributed by atoms with Crippen LogP contribution in [0.2, 0.25) is 0 Å². The first-order valence-corrected chi connectivity index (χ1v) is 6.60. The molecule has 0 spiro atoms. The molecule has 2 aromatic heterocycles. The summed E-state index contributed by atoms with van der Waals surface area (Å²) in [5.74, 6) is 0. The van der Waals surface area contributed by atoms with Gasteiger partial charge in [0.05, 0.1) is 11.3 Å². The van der Waals surface area contributed by atoms with Crippen molar-refractivity contribution in [2.24, 2.45) is 0 Å². The van der Waals surface area contributed by atoms with Crippen LogP contribution < -0.4 is 0 Å². The molecule has 0 atom stereocenters. The average molecular weight is 264 g/mol. The number of hydrogen-bond donors (Lipinski definition) is 0. The molecular weight excluding hydrogens is 248 g/mol. The first-order chi connectivity index (χ1) is 9.58. The van der Waals surface area contributed by atoms with Crippen molar-refractivity contribution in [3.8, 4) is 11.3 Å². The summed E-state index contributed by atoms with van der Waals surface area (Å²) in [6, 6.07) is 8.17. The Hall–Kier alpha value is -2.42. The number of carbonyl (C=O) groups excluding carboxylic acids is 1. The first kappa shape index (κ1) is 12.6. The number of imidazole rings is 1. The van der Waals surface area contributed by atoms with Gasteiger partial charge in [-0.3, -0.25) is 4.79 Å². The standard InChI is InChI=1S/C17H16N2O/c1-11-4-5-15(13(3)6-11)16-9-19-8-12(2)7-14(10-20)17(19)18-16/h4-10H,1-3H3. The van der Waals surface area contributed by atoms with Gasteiger partial charge in [0.15, 0.2) is 6.29 Å². The number of aryl methyl sites for hydroxylation is 3.